The fourth-order valence-electron chi connectivity index (χ4n) is 1.14. The van der Waals surface area contributed by atoms with Crippen molar-refractivity contribution in [2.45, 2.75) is 32.9 Å². The maximum absolute atomic E-state index is 12.2. The van der Waals surface area contributed by atoms with Gasteiger partial charge in [-0.2, -0.15) is 0 Å². The van der Waals surface area contributed by atoms with Crippen LogP contribution in [0.2, 0.25) is 13.1 Å². The molecule has 0 aliphatic rings. The van der Waals surface area contributed by atoms with E-state index in [1.54, 1.807) is 0 Å². The van der Waals surface area contributed by atoms with E-state index >= 15 is 0 Å². The molecule has 0 radical (unpaired) electrons. The monoisotopic (exact) mass is 282 g/mol. The van der Waals surface area contributed by atoms with E-state index in [0.29, 0.717) is 12.8 Å². The van der Waals surface area contributed by atoms with Crippen molar-refractivity contribution in [2.24, 2.45) is 0 Å². The fourth-order valence-corrected chi connectivity index (χ4v) is 4.76. The molecule has 0 bridgehead atoms. The highest BCUT2D eigenvalue weighted by Crippen LogP contribution is 2.47. The summed E-state index contributed by atoms with van der Waals surface area (Å²) in [4.78, 5) is 0. The van der Waals surface area contributed by atoms with Crippen LogP contribution in [0.25, 0.3) is 0 Å². The zero-order valence-electron chi connectivity index (χ0n) is 9.30. The van der Waals surface area contributed by atoms with Gasteiger partial charge >= 0.3 is 0 Å². The maximum Gasteiger partial charge on any atom is 0.203 e. The molecule has 0 aliphatic carbocycles. The summed E-state index contributed by atoms with van der Waals surface area (Å²) in [6.07, 6.45) is 4.55. The van der Waals surface area contributed by atoms with Gasteiger partial charge in [-0.25, -0.2) is 0 Å². The third-order valence-electron chi connectivity index (χ3n) is 2.10. The number of unbranched alkanes of at least 4 members (excludes halogenated alkanes) is 1. The molecule has 0 amide bonds. The van der Waals surface area contributed by atoms with Gasteiger partial charge < -0.3 is 4.52 Å². The van der Waals surface area contributed by atoms with Gasteiger partial charge in [-0.1, -0.05) is 42.4 Å². The Bertz CT molecular complexity index is 178. The van der Waals surface area contributed by atoms with Crippen LogP contribution < -0.4 is 0 Å². The first-order valence-corrected chi connectivity index (χ1v) is 8.58. The largest absolute Gasteiger partial charge is 0.328 e. The Kier molecular flexibility index (Phi) is 9.47. The molecule has 1 atom stereocenters. The lowest BCUT2D eigenvalue weighted by Crippen LogP contribution is -2.03. The van der Waals surface area contributed by atoms with Gasteiger partial charge in [0.25, 0.3) is 0 Å². The average molecular weight is 283 g/mol. The normalized spacial score (nSPS) is 15.1. The van der Waals surface area contributed by atoms with Crippen LogP contribution in [0.4, 0.5) is 0 Å². The SMILES string of the molecule is CBCCP(=O)(CCBr)OCCCC. The molecule has 0 saturated heterocycles. The van der Waals surface area contributed by atoms with Crippen LogP contribution in [0.15, 0.2) is 0 Å². The van der Waals surface area contributed by atoms with Crippen molar-refractivity contribution >= 4 is 30.6 Å². The molecule has 2 nitrogen and oxygen atoms in total. The molecule has 0 N–H and O–H groups in total. The van der Waals surface area contributed by atoms with E-state index in [0.717, 1.165) is 37.9 Å². The molecule has 0 saturated carbocycles. The first kappa shape index (κ1) is 14.7. The van der Waals surface area contributed by atoms with E-state index in [1.165, 1.54) is 0 Å². The summed E-state index contributed by atoms with van der Waals surface area (Å²) in [5.41, 5.74) is 0. The Balaban J connectivity index is 3.89. The molecular weight excluding hydrogens is 262 g/mol. The summed E-state index contributed by atoms with van der Waals surface area (Å²) in [6, 6.07) is 0. The maximum atomic E-state index is 12.2. The van der Waals surface area contributed by atoms with E-state index in [4.69, 9.17) is 4.52 Å². The van der Waals surface area contributed by atoms with Crippen molar-refractivity contribution in [3.63, 3.8) is 0 Å². The van der Waals surface area contributed by atoms with Crippen molar-refractivity contribution in [3.8, 4) is 0 Å². The Hall–Kier alpha value is 0.735. The minimum absolute atomic E-state index is 0.657. The quantitative estimate of drug-likeness (QED) is 0.280. The molecule has 5 heteroatoms. The van der Waals surface area contributed by atoms with Gasteiger partial charge in [0.15, 0.2) is 0 Å². The van der Waals surface area contributed by atoms with E-state index in [9.17, 15) is 4.57 Å². The third-order valence-corrected chi connectivity index (χ3v) is 5.67. The van der Waals surface area contributed by atoms with E-state index in [-0.39, 0.29) is 0 Å². The Morgan fingerprint density at radius 2 is 2.14 bits per heavy atom. The molecule has 0 spiro atoms. The lowest BCUT2D eigenvalue weighted by atomic mass is 9.79. The van der Waals surface area contributed by atoms with E-state index in [1.807, 2.05) is 0 Å². The van der Waals surface area contributed by atoms with Crippen molar-refractivity contribution in [1.29, 1.82) is 0 Å². The standard InChI is InChI=1S/C9H21BBrO2P/c1-3-4-7-13-14(12,9-6-11)8-5-10-2/h10H,3-9H2,1-2H3. The number of alkyl halides is 1. The second-order valence-electron chi connectivity index (χ2n) is 3.49. The average Bonchev–Trinajstić information content (AvgIpc) is 2.16. The van der Waals surface area contributed by atoms with Crippen LogP contribution in [0, 0.1) is 0 Å². The molecule has 0 rings (SSSR count). The van der Waals surface area contributed by atoms with Crippen LogP contribution in [-0.2, 0) is 9.09 Å². The highest BCUT2D eigenvalue weighted by molar-refractivity contribution is 9.09. The lowest BCUT2D eigenvalue weighted by Gasteiger charge is -2.17. The molecule has 14 heavy (non-hydrogen) atoms. The molecule has 0 aromatic rings. The number of hydrogen-bond acceptors (Lipinski definition) is 2. The molecule has 0 aromatic carbocycles. The van der Waals surface area contributed by atoms with Crippen molar-refractivity contribution in [2.75, 3.05) is 24.3 Å². The van der Waals surface area contributed by atoms with Gasteiger partial charge in [-0.15, -0.1) is 0 Å². The van der Waals surface area contributed by atoms with Gasteiger partial charge in [0.2, 0.25) is 7.37 Å². The highest BCUT2D eigenvalue weighted by Gasteiger charge is 2.20. The fraction of sp³-hybridized carbons (Fsp3) is 1.00. The van der Waals surface area contributed by atoms with Gasteiger partial charge in [0.05, 0.1) is 6.61 Å². The molecular formula is C9H21BBrO2P. The zero-order chi connectivity index (χ0) is 10.9. The third kappa shape index (κ3) is 7.08. The first-order valence-electron chi connectivity index (χ1n) is 5.47. The second-order valence-corrected chi connectivity index (χ2v) is 7.07. The number of halogens is 1. The Morgan fingerprint density at radius 3 is 2.64 bits per heavy atom. The van der Waals surface area contributed by atoms with Crippen molar-refractivity contribution in [1.82, 2.24) is 0 Å². The van der Waals surface area contributed by atoms with E-state index < -0.39 is 7.37 Å². The Labute approximate surface area is 97.0 Å². The van der Waals surface area contributed by atoms with E-state index in [2.05, 4.69) is 29.7 Å². The zero-order valence-corrected chi connectivity index (χ0v) is 11.8. The van der Waals surface area contributed by atoms with Crippen LogP contribution in [-0.4, -0.2) is 31.5 Å². The van der Waals surface area contributed by atoms with Gasteiger partial charge in [0, 0.05) is 17.7 Å². The minimum Gasteiger partial charge on any atom is -0.328 e. The van der Waals surface area contributed by atoms with Crippen LogP contribution >= 0.6 is 23.3 Å². The first-order chi connectivity index (χ1) is 6.68. The summed E-state index contributed by atoms with van der Waals surface area (Å²) < 4.78 is 17.7. The molecule has 0 aliphatic heterocycles. The van der Waals surface area contributed by atoms with Crippen molar-refractivity contribution < 1.29 is 9.09 Å². The molecule has 84 valence electrons. The Morgan fingerprint density at radius 1 is 1.43 bits per heavy atom. The van der Waals surface area contributed by atoms with Gasteiger partial charge in [-0.3, -0.25) is 4.57 Å². The number of rotatable bonds is 9. The molecule has 0 aromatic heterocycles. The summed E-state index contributed by atoms with van der Waals surface area (Å²) in [5, 5.41) is 0.778. The smallest absolute Gasteiger partial charge is 0.203 e. The second kappa shape index (κ2) is 9.00. The van der Waals surface area contributed by atoms with Crippen LogP contribution in [0.3, 0.4) is 0 Å². The van der Waals surface area contributed by atoms with Gasteiger partial charge in [-0.05, 0) is 6.42 Å². The predicted octanol–water partition coefficient (Wildman–Crippen LogP) is 3.38. The molecule has 1 unspecified atom stereocenters. The summed E-state index contributed by atoms with van der Waals surface area (Å²) in [6.45, 7) is 4.89. The summed E-state index contributed by atoms with van der Waals surface area (Å²) in [5.74, 6) is 0. The summed E-state index contributed by atoms with van der Waals surface area (Å²) >= 11 is 3.33. The van der Waals surface area contributed by atoms with Crippen LogP contribution in [0.1, 0.15) is 19.8 Å². The molecule has 0 fully saturated rings. The summed E-state index contributed by atoms with van der Waals surface area (Å²) in [7, 11) is -1.23. The molecule has 0 heterocycles. The van der Waals surface area contributed by atoms with Crippen molar-refractivity contribution in [3.05, 3.63) is 0 Å². The lowest BCUT2D eigenvalue weighted by molar-refractivity contribution is 0.307. The minimum atomic E-state index is -2.31. The van der Waals surface area contributed by atoms with Gasteiger partial charge in [0.1, 0.15) is 7.28 Å². The highest BCUT2D eigenvalue weighted by atomic mass is 79.9. The van der Waals surface area contributed by atoms with Crippen LogP contribution in [0.5, 0.6) is 0 Å². The predicted molar refractivity (Wildman–Crippen MR) is 69.8 cm³/mol. The number of hydrogen-bond donors (Lipinski definition) is 0. The topological polar surface area (TPSA) is 26.3 Å².